The summed E-state index contributed by atoms with van der Waals surface area (Å²) in [5, 5.41) is 5.91. The first kappa shape index (κ1) is 18.0. The number of carbonyl (C=O) groups excluding carboxylic acids is 1. The largest absolute Gasteiger partial charge is 0.347 e. The molecule has 5 heteroatoms. The molecular formula is C18H23ClN2OS. The fraction of sp³-hybridized carbons (Fsp3) is 0.389. The number of nitrogens with one attached hydrogen (secondary N) is 1. The summed E-state index contributed by atoms with van der Waals surface area (Å²) in [6, 6.07) is 11.9. The van der Waals surface area contributed by atoms with E-state index in [4.69, 9.17) is 11.6 Å². The molecule has 0 unspecified atom stereocenters. The predicted octanol–water partition coefficient (Wildman–Crippen LogP) is 4.35. The Morgan fingerprint density at radius 2 is 2.09 bits per heavy atom. The van der Waals surface area contributed by atoms with Gasteiger partial charge in [0.25, 0.3) is 0 Å². The quantitative estimate of drug-likeness (QED) is 0.805. The number of hydrogen-bond donors (Lipinski definition) is 1. The molecule has 2 rings (SSSR count). The molecule has 0 saturated heterocycles. The molecule has 0 aliphatic carbocycles. The summed E-state index contributed by atoms with van der Waals surface area (Å²) < 4.78 is 0. The summed E-state index contributed by atoms with van der Waals surface area (Å²) in [6.07, 6.45) is 0. The van der Waals surface area contributed by atoms with Crippen molar-refractivity contribution in [2.45, 2.75) is 26.4 Å². The van der Waals surface area contributed by atoms with Crippen molar-refractivity contribution in [3.8, 4) is 0 Å². The number of benzene rings is 1. The van der Waals surface area contributed by atoms with E-state index in [2.05, 4.69) is 25.2 Å². The number of thiophene rings is 1. The van der Waals surface area contributed by atoms with E-state index in [-0.39, 0.29) is 11.9 Å². The van der Waals surface area contributed by atoms with Gasteiger partial charge >= 0.3 is 0 Å². The molecule has 1 aromatic carbocycles. The Labute approximate surface area is 147 Å². The fourth-order valence-electron chi connectivity index (χ4n) is 2.50. The van der Waals surface area contributed by atoms with Gasteiger partial charge in [-0.1, -0.05) is 43.6 Å². The minimum Gasteiger partial charge on any atom is -0.347 e. The summed E-state index contributed by atoms with van der Waals surface area (Å²) in [4.78, 5) is 15.5. The summed E-state index contributed by atoms with van der Waals surface area (Å²) in [5.41, 5.74) is 1.10. The fourth-order valence-corrected chi connectivity index (χ4v) is 3.66. The lowest BCUT2D eigenvalue weighted by molar-refractivity contribution is -0.123. The smallest absolute Gasteiger partial charge is 0.234 e. The minimum absolute atomic E-state index is 0.0432. The molecule has 1 amide bonds. The molecule has 0 fully saturated rings. The standard InChI is InChI=1S/C18H23ClN2OS/c1-13(2)18(16-8-5-9-23-16)20-17(22)12-21(3)11-14-6-4-7-15(19)10-14/h4-10,13,18H,11-12H2,1-3H3,(H,20,22)/t18-/m1/s1. The van der Waals surface area contributed by atoms with Gasteiger partial charge in [0.1, 0.15) is 0 Å². The maximum atomic E-state index is 12.3. The van der Waals surface area contributed by atoms with E-state index in [0.29, 0.717) is 19.0 Å². The molecule has 124 valence electrons. The van der Waals surface area contributed by atoms with Crippen molar-refractivity contribution in [3.63, 3.8) is 0 Å². The van der Waals surface area contributed by atoms with Crippen LogP contribution in [0.1, 0.15) is 30.3 Å². The lowest BCUT2D eigenvalue weighted by atomic mass is 10.0. The number of hydrogen-bond acceptors (Lipinski definition) is 3. The number of rotatable bonds is 7. The van der Waals surface area contributed by atoms with Crippen molar-refractivity contribution in [2.75, 3.05) is 13.6 Å². The highest BCUT2D eigenvalue weighted by Crippen LogP contribution is 2.25. The Bertz CT molecular complexity index is 628. The van der Waals surface area contributed by atoms with Crippen molar-refractivity contribution in [1.29, 1.82) is 0 Å². The Morgan fingerprint density at radius 3 is 2.70 bits per heavy atom. The summed E-state index contributed by atoms with van der Waals surface area (Å²) in [7, 11) is 1.94. The highest BCUT2D eigenvalue weighted by atomic mass is 35.5. The third-order valence-electron chi connectivity index (χ3n) is 3.59. The van der Waals surface area contributed by atoms with E-state index < -0.39 is 0 Å². The molecule has 1 heterocycles. The van der Waals surface area contributed by atoms with Crippen LogP contribution in [0.5, 0.6) is 0 Å². The molecule has 0 aliphatic heterocycles. The van der Waals surface area contributed by atoms with Crippen molar-refractivity contribution >= 4 is 28.8 Å². The molecule has 0 aliphatic rings. The average Bonchev–Trinajstić information content (AvgIpc) is 2.98. The van der Waals surface area contributed by atoms with Gasteiger partial charge in [0.15, 0.2) is 0 Å². The maximum Gasteiger partial charge on any atom is 0.234 e. The Balaban J connectivity index is 1.90. The van der Waals surface area contributed by atoms with Gasteiger partial charge in [-0.05, 0) is 42.1 Å². The lowest BCUT2D eigenvalue weighted by Gasteiger charge is -2.23. The molecule has 0 saturated carbocycles. The molecule has 2 aromatic rings. The van der Waals surface area contributed by atoms with Gasteiger partial charge in [0, 0.05) is 16.4 Å². The van der Waals surface area contributed by atoms with Gasteiger partial charge < -0.3 is 5.32 Å². The molecule has 0 bridgehead atoms. The first-order valence-corrected chi connectivity index (χ1v) is 8.97. The van der Waals surface area contributed by atoms with E-state index >= 15 is 0 Å². The monoisotopic (exact) mass is 350 g/mol. The Morgan fingerprint density at radius 1 is 1.30 bits per heavy atom. The van der Waals surface area contributed by atoms with E-state index in [0.717, 1.165) is 10.6 Å². The highest BCUT2D eigenvalue weighted by molar-refractivity contribution is 7.10. The van der Waals surface area contributed by atoms with Crippen molar-refractivity contribution in [3.05, 3.63) is 57.2 Å². The van der Waals surface area contributed by atoms with Crippen LogP contribution < -0.4 is 5.32 Å². The van der Waals surface area contributed by atoms with Crippen molar-refractivity contribution in [2.24, 2.45) is 5.92 Å². The second-order valence-corrected chi connectivity index (χ2v) is 7.52. The Kier molecular flexibility index (Phi) is 6.63. The topological polar surface area (TPSA) is 32.3 Å². The van der Waals surface area contributed by atoms with E-state index in [1.807, 2.05) is 47.7 Å². The average molecular weight is 351 g/mol. The number of amides is 1. The summed E-state index contributed by atoms with van der Waals surface area (Å²) in [6.45, 7) is 5.31. The maximum absolute atomic E-state index is 12.3. The Hall–Kier alpha value is -1.36. The van der Waals surface area contributed by atoms with E-state index in [1.165, 1.54) is 4.88 Å². The van der Waals surface area contributed by atoms with Gasteiger partial charge in [-0.25, -0.2) is 0 Å². The molecule has 1 aromatic heterocycles. The molecule has 1 atom stereocenters. The predicted molar refractivity (Wildman–Crippen MR) is 97.8 cm³/mol. The minimum atomic E-state index is 0.0432. The first-order valence-electron chi connectivity index (χ1n) is 7.71. The van der Waals surface area contributed by atoms with Gasteiger partial charge in [0.2, 0.25) is 5.91 Å². The zero-order valence-corrected chi connectivity index (χ0v) is 15.3. The first-order chi connectivity index (χ1) is 11.0. The van der Waals surface area contributed by atoms with Gasteiger partial charge in [-0.3, -0.25) is 9.69 Å². The number of nitrogens with zero attached hydrogens (tertiary/aromatic N) is 1. The third kappa shape index (κ3) is 5.65. The number of halogens is 1. The summed E-state index contributed by atoms with van der Waals surface area (Å²) in [5.74, 6) is 0.400. The van der Waals surface area contributed by atoms with Crippen LogP contribution >= 0.6 is 22.9 Å². The van der Waals surface area contributed by atoms with Crippen LogP contribution in [0, 0.1) is 5.92 Å². The van der Waals surface area contributed by atoms with Gasteiger partial charge in [-0.2, -0.15) is 0 Å². The SMILES string of the molecule is CC(C)[C@@H](NC(=O)CN(C)Cc1cccc(Cl)c1)c1cccs1. The van der Waals surface area contributed by atoms with Crippen LogP contribution in [0.3, 0.4) is 0 Å². The molecule has 1 N–H and O–H groups in total. The zero-order valence-electron chi connectivity index (χ0n) is 13.8. The molecule has 23 heavy (non-hydrogen) atoms. The van der Waals surface area contributed by atoms with Gasteiger partial charge in [0.05, 0.1) is 12.6 Å². The number of likely N-dealkylation sites (N-methyl/N-ethyl adjacent to an activating group) is 1. The van der Waals surface area contributed by atoms with Crippen LogP contribution in [0.4, 0.5) is 0 Å². The van der Waals surface area contributed by atoms with Crippen molar-refractivity contribution in [1.82, 2.24) is 10.2 Å². The van der Waals surface area contributed by atoms with E-state index in [9.17, 15) is 4.79 Å². The second kappa shape index (κ2) is 8.48. The number of carbonyl (C=O) groups is 1. The van der Waals surface area contributed by atoms with Crippen LogP contribution in [-0.4, -0.2) is 24.4 Å². The van der Waals surface area contributed by atoms with Crippen LogP contribution in [0.2, 0.25) is 5.02 Å². The third-order valence-corrected chi connectivity index (χ3v) is 4.78. The summed E-state index contributed by atoms with van der Waals surface area (Å²) >= 11 is 7.68. The van der Waals surface area contributed by atoms with Crippen molar-refractivity contribution < 1.29 is 4.79 Å². The van der Waals surface area contributed by atoms with Gasteiger partial charge in [-0.15, -0.1) is 11.3 Å². The lowest BCUT2D eigenvalue weighted by Crippen LogP contribution is -2.38. The van der Waals surface area contributed by atoms with E-state index in [1.54, 1.807) is 11.3 Å². The van der Waals surface area contributed by atoms with Crippen LogP contribution in [-0.2, 0) is 11.3 Å². The molecular weight excluding hydrogens is 328 g/mol. The molecule has 0 spiro atoms. The highest BCUT2D eigenvalue weighted by Gasteiger charge is 2.19. The van der Waals surface area contributed by atoms with Crippen LogP contribution in [0.25, 0.3) is 0 Å². The molecule has 0 radical (unpaired) electrons. The molecule has 3 nitrogen and oxygen atoms in total. The zero-order chi connectivity index (χ0) is 16.8. The second-order valence-electron chi connectivity index (χ2n) is 6.11. The normalized spacial score (nSPS) is 12.6. The van der Waals surface area contributed by atoms with Crippen LogP contribution in [0.15, 0.2) is 41.8 Å².